The summed E-state index contributed by atoms with van der Waals surface area (Å²) in [5, 5.41) is 11.7. The number of benzene rings is 1. The molecule has 1 fully saturated rings. The van der Waals surface area contributed by atoms with E-state index in [-0.39, 0.29) is 11.8 Å². The molecule has 0 bridgehead atoms. The number of anilines is 1. The molecule has 3 heterocycles. The van der Waals surface area contributed by atoms with Gasteiger partial charge in [-0.25, -0.2) is 0 Å². The molecular formula is C20H22BrN5O. The third kappa shape index (κ3) is 3.69. The van der Waals surface area contributed by atoms with E-state index in [2.05, 4.69) is 40.7 Å². The maximum absolute atomic E-state index is 12.7. The van der Waals surface area contributed by atoms with Crippen molar-refractivity contribution in [2.24, 2.45) is 5.92 Å². The summed E-state index contributed by atoms with van der Waals surface area (Å²) >= 11 is 3.53. The Labute approximate surface area is 166 Å². The molecule has 1 aromatic carbocycles. The number of fused-ring (bicyclic) bond motifs is 1. The van der Waals surface area contributed by atoms with Gasteiger partial charge >= 0.3 is 0 Å². The Morgan fingerprint density at radius 3 is 2.93 bits per heavy atom. The van der Waals surface area contributed by atoms with Crippen molar-refractivity contribution in [3.8, 4) is 0 Å². The SMILES string of the molecule is Cc1cccc2nnc(N3CCCC(C(=O)NCc4ccccc4Br)C3)n12. The molecule has 6 nitrogen and oxygen atoms in total. The molecule has 0 aliphatic carbocycles. The van der Waals surface area contributed by atoms with Gasteiger partial charge in [-0.15, -0.1) is 10.2 Å². The smallest absolute Gasteiger partial charge is 0.231 e. The molecule has 1 N–H and O–H groups in total. The first kappa shape index (κ1) is 18.0. The Kier molecular flexibility index (Phi) is 5.11. The number of rotatable bonds is 4. The monoisotopic (exact) mass is 427 g/mol. The van der Waals surface area contributed by atoms with Crippen LogP contribution in [0.2, 0.25) is 0 Å². The molecule has 3 aromatic rings. The Hall–Kier alpha value is -2.41. The van der Waals surface area contributed by atoms with Gasteiger partial charge in [-0.05, 0) is 43.5 Å². The lowest BCUT2D eigenvalue weighted by Gasteiger charge is -2.32. The maximum Gasteiger partial charge on any atom is 0.231 e. The number of nitrogens with one attached hydrogen (secondary N) is 1. The van der Waals surface area contributed by atoms with Crippen molar-refractivity contribution < 1.29 is 4.79 Å². The summed E-state index contributed by atoms with van der Waals surface area (Å²) < 4.78 is 3.07. The number of pyridine rings is 1. The van der Waals surface area contributed by atoms with Crippen LogP contribution in [0.25, 0.3) is 5.65 Å². The van der Waals surface area contributed by atoms with Gasteiger partial charge in [0.2, 0.25) is 11.9 Å². The van der Waals surface area contributed by atoms with Gasteiger partial charge in [0, 0.05) is 29.8 Å². The van der Waals surface area contributed by atoms with E-state index in [0.29, 0.717) is 13.1 Å². The second kappa shape index (κ2) is 7.68. The van der Waals surface area contributed by atoms with Crippen molar-refractivity contribution in [2.75, 3.05) is 18.0 Å². The summed E-state index contributed by atoms with van der Waals surface area (Å²) in [5.41, 5.74) is 3.01. The van der Waals surface area contributed by atoms with Gasteiger partial charge in [-0.2, -0.15) is 0 Å². The van der Waals surface area contributed by atoms with Gasteiger partial charge in [0.25, 0.3) is 0 Å². The number of hydrogen-bond donors (Lipinski definition) is 1. The van der Waals surface area contributed by atoms with Gasteiger partial charge < -0.3 is 10.2 Å². The van der Waals surface area contributed by atoms with Gasteiger partial charge in [-0.1, -0.05) is 40.2 Å². The predicted octanol–water partition coefficient (Wildman–Crippen LogP) is 3.33. The van der Waals surface area contributed by atoms with Gasteiger partial charge in [0.1, 0.15) is 0 Å². The maximum atomic E-state index is 12.7. The standard InChI is InChI=1S/C20H22BrN5O/c1-14-6-4-10-18-23-24-20(26(14)18)25-11-5-8-16(13-25)19(27)22-12-15-7-2-3-9-17(15)21/h2-4,6-7,9-10,16H,5,8,11-13H2,1H3,(H,22,27). The average molecular weight is 428 g/mol. The lowest BCUT2D eigenvalue weighted by molar-refractivity contribution is -0.125. The number of nitrogens with zero attached hydrogens (tertiary/aromatic N) is 4. The number of amides is 1. The Balaban J connectivity index is 1.46. The average Bonchev–Trinajstić information content (AvgIpc) is 3.13. The first-order chi connectivity index (χ1) is 13.1. The van der Waals surface area contributed by atoms with Crippen molar-refractivity contribution in [1.82, 2.24) is 19.9 Å². The molecule has 1 aliphatic rings. The number of piperidine rings is 1. The van der Waals surface area contributed by atoms with Gasteiger partial charge in [0.15, 0.2) is 5.65 Å². The van der Waals surface area contributed by atoms with Crippen LogP contribution in [0.1, 0.15) is 24.1 Å². The lowest BCUT2D eigenvalue weighted by Crippen LogP contribution is -2.43. The molecule has 0 spiro atoms. The summed E-state index contributed by atoms with van der Waals surface area (Å²) in [4.78, 5) is 14.9. The first-order valence-corrected chi connectivity index (χ1v) is 9.99. The topological polar surface area (TPSA) is 62.5 Å². The highest BCUT2D eigenvalue weighted by Crippen LogP contribution is 2.24. The molecule has 7 heteroatoms. The van der Waals surface area contributed by atoms with Crippen LogP contribution in [-0.4, -0.2) is 33.6 Å². The van der Waals surface area contributed by atoms with Crippen molar-refractivity contribution in [1.29, 1.82) is 0 Å². The number of hydrogen-bond acceptors (Lipinski definition) is 4. The lowest BCUT2D eigenvalue weighted by atomic mass is 9.97. The van der Waals surface area contributed by atoms with Crippen LogP contribution >= 0.6 is 15.9 Å². The van der Waals surface area contributed by atoms with E-state index < -0.39 is 0 Å². The zero-order valence-corrected chi connectivity index (χ0v) is 16.8. The third-order valence-corrected chi connectivity index (χ3v) is 5.87. The zero-order chi connectivity index (χ0) is 18.8. The minimum absolute atomic E-state index is 0.0439. The van der Waals surface area contributed by atoms with Crippen molar-refractivity contribution in [3.63, 3.8) is 0 Å². The van der Waals surface area contributed by atoms with E-state index in [4.69, 9.17) is 0 Å². The second-order valence-electron chi connectivity index (χ2n) is 6.96. The molecule has 0 radical (unpaired) electrons. The molecular weight excluding hydrogens is 406 g/mol. The Bertz CT molecular complexity index is 970. The number of carbonyl (C=O) groups excluding carboxylic acids is 1. The minimum atomic E-state index is -0.0439. The van der Waals surface area contributed by atoms with E-state index >= 15 is 0 Å². The molecule has 1 aliphatic heterocycles. The highest BCUT2D eigenvalue weighted by molar-refractivity contribution is 9.10. The minimum Gasteiger partial charge on any atom is -0.352 e. The van der Waals surface area contributed by atoms with Crippen LogP contribution < -0.4 is 10.2 Å². The summed E-state index contributed by atoms with van der Waals surface area (Å²) in [7, 11) is 0. The van der Waals surface area contributed by atoms with Crippen LogP contribution in [0.4, 0.5) is 5.95 Å². The molecule has 1 unspecified atom stereocenters. The summed E-state index contributed by atoms with van der Waals surface area (Å²) in [6.07, 6.45) is 1.86. The van der Waals surface area contributed by atoms with E-state index in [1.807, 2.05) is 49.4 Å². The van der Waals surface area contributed by atoms with E-state index in [0.717, 1.165) is 46.7 Å². The zero-order valence-electron chi connectivity index (χ0n) is 15.2. The van der Waals surface area contributed by atoms with Crippen molar-refractivity contribution >= 4 is 33.4 Å². The predicted molar refractivity (Wildman–Crippen MR) is 109 cm³/mol. The number of carbonyl (C=O) groups is 1. The van der Waals surface area contributed by atoms with Crippen LogP contribution in [0.15, 0.2) is 46.9 Å². The molecule has 4 rings (SSSR count). The molecule has 0 saturated carbocycles. The summed E-state index contributed by atoms with van der Waals surface area (Å²) in [6, 6.07) is 13.9. The van der Waals surface area contributed by atoms with E-state index in [1.54, 1.807) is 0 Å². The third-order valence-electron chi connectivity index (χ3n) is 5.09. The van der Waals surface area contributed by atoms with Crippen LogP contribution in [-0.2, 0) is 11.3 Å². The number of aryl methyl sites for hydroxylation is 1. The van der Waals surface area contributed by atoms with Crippen LogP contribution in [0.3, 0.4) is 0 Å². The van der Waals surface area contributed by atoms with Crippen LogP contribution in [0.5, 0.6) is 0 Å². The molecule has 1 saturated heterocycles. The fourth-order valence-corrected chi connectivity index (χ4v) is 4.05. The quantitative estimate of drug-likeness (QED) is 0.693. The van der Waals surface area contributed by atoms with Crippen LogP contribution in [0, 0.1) is 12.8 Å². The fraction of sp³-hybridized carbons (Fsp3) is 0.350. The molecule has 1 amide bonds. The summed E-state index contributed by atoms with van der Waals surface area (Å²) in [5.74, 6) is 0.880. The van der Waals surface area contributed by atoms with Gasteiger partial charge in [0.05, 0.1) is 5.92 Å². The largest absolute Gasteiger partial charge is 0.352 e. The van der Waals surface area contributed by atoms with Gasteiger partial charge in [-0.3, -0.25) is 9.20 Å². The molecule has 140 valence electrons. The van der Waals surface area contributed by atoms with E-state index in [1.165, 1.54) is 0 Å². The second-order valence-corrected chi connectivity index (χ2v) is 7.81. The highest BCUT2D eigenvalue weighted by atomic mass is 79.9. The van der Waals surface area contributed by atoms with E-state index in [9.17, 15) is 4.79 Å². The normalized spacial score (nSPS) is 17.3. The number of halogens is 1. The van der Waals surface area contributed by atoms with Crippen molar-refractivity contribution in [3.05, 3.63) is 58.2 Å². The highest BCUT2D eigenvalue weighted by Gasteiger charge is 2.28. The number of aromatic nitrogens is 3. The molecule has 27 heavy (non-hydrogen) atoms. The molecule has 2 aromatic heterocycles. The molecule has 1 atom stereocenters. The Morgan fingerprint density at radius 2 is 2.07 bits per heavy atom. The first-order valence-electron chi connectivity index (χ1n) is 9.20. The Morgan fingerprint density at radius 1 is 1.22 bits per heavy atom. The van der Waals surface area contributed by atoms with Crippen molar-refractivity contribution in [2.45, 2.75) is 26.3 Å². The summed E-state index contributed by atoms with van der Waals surface area (Å²) in [6.45, 7) is 4.13. The fourth-order valence-electron chi connectivity index (χ4n) is 3.63.